The summed E-state index contributed by atoms with van der Waals surface area (Å²) in [5.41, 5.74) is 1.22. The van der Waals surface area contributed by atoms with E-state index in [2.05, 4.69) is 54.7 Å². The summed E-state index contributed by atoms with van der Waals surface area (Å²) >= 11 is 0. The highest BCUT2D eigenvalue weighted by Gasteiger charge is 1.96. The van der Waals surface area contributed by atoms with Crippen LogP contribution in [0.1, 0.15) is 6.92 Å². The molecule has 0 fully saturated rings. The normalized spacial score (nSPS) is 9.50. The first-order chi connectivity index (χ1) is 6.42. The lowest BCUT2D eigenvalue weighted by atomic mass is 10.1. The molecule has 0 aromatic heterocycles. The summed E-state index contributed by atoms with van der Waals surface area (Å²) in [5.74, 6) is 0. The average Bonchev–Trinajstić information content (AvgIpc) is 2.19. The summed E-state index contributed by atoms with van der Waals surface area (Å²) in [7, 11) is 0. The standard InChI is InChI=1S/C12H13N.HI/c1-2-13-12-9-5-7-10-6-3-4-8-11(10)12;/h3-9,13H,2H2,1H3;1H. The van der Waals surface area contributed by atoms with Crippen LogP contribution in [0.5, 0.6) is 0 Å². The van der Waals surface area contributed by atoms with Gasteiger partial charge in [0.2, 0.25) is 0 Å². The van der Waals surface area contributed by atoms with Crippen molar-refractivity contribution in [3.8, 4) is 0 Å². The van der Waals surface area contributed by atoms with Crippen molar-refractivity contribution in [1.29, 1.82) is 0 Å². The summed E-state index contributed by atoms with van der Waals surface area (Å²) in [6.07, 6.45) is 0. The summed E-state index contributed by atoms with van der Waals surface area (Å²) in [6, 6.07) is 14.8. The fraction of sp³-hybridized carbons (Fsp3) is 0.167. The molecule has 0 unspecified atom stereocenters. The van der Waals surface area contributed by atoms with Crippen LogP contribution >= 0.6 is 24.0 Å². The van der Waals surface area contributed by atoms with E-state index in [1.54, 1.807) is 0 Å². The van der Waals surface area contributed by atoms with Gasteiger partial charge in [-0.1, -0.05) is 36.4 Å². The Morgan fingerprint density at radius 2 is 1.71 bits per heavy atom. The Balaban J connectivity index is 0.000000980. The summed E-state index contributed by atoms with van der Waals surface area (Å²) in [5, 5.41) is 5.94. The lowest BCUT2D eigenvalue weighted by molar-refractivity contribution is 1.22. The second-order valence-electron chi connectivity index (χ2n) is 3.06. The second kappa shape index (κ2) is 5.20. The van der Waals surface area contributed by atoms with Gasteiger partial charge < -0.3 is 5.32 Å². The predicted octanol–water partition coefficient (Wildman–Crippen LogP) is 3.89. The van der Waals surface area contributed by atoms with Crippen molar-refractivity contribution in [2.45, 2.75) is 6.92 Å². The van der Waals surface area contributed by atoms with Gasteiger partial charge in [0.05, 0.1) is 0 Å². The molecule has 74 valence electrons. The molecular weight excluding hydrogens is 285 g/mol. The van der Waals surface area contributed by atoms with Crippen molar-refractivity contribution in [3.63, 3.8) is 0 Å². The van der Waals surface area contributed by atoms with Crippen LogP contribution < -0.4 is 5.32 Å². The maximum Gasteiger partial charge on any atom is 0.0419 e. The van der Waals surface area contributed by atoms with Gasteiger partial charge in [-0.3, -0.25) is 0 Å². The van der Waals surface area contributed by atoms with Crippen LogP contribution in [-0.2, 0) is 0 Å². The third-order valence-electron chi connectivity index (χ3n) is 2.16. The maximum absolute atomic E-state index is 3.35. The zero-order valence-electron chi connectivity index (χ0n) is 8.16. The van der Waals surface area contributed by atoms with Crippen LogP contribution in [0.3, 0.4) is 0 Å². The highest BCUT2D eigenvalue weighted by molar-refractivity contribution is 14.0. The minimum atomic E-state index is 0. The van der Waals surface area contributed by atoms with E-state index in [0.717, 1.165) is 6.54 Å². The van der Waals surface area contributed by atoms with Crippen molar-refractivity contribution < 1.29 is 0 Å². The van der Waals surface area contributed by atoms with Crippen LogP contribution in [0.15, 0.2) is 42.5 Å². The molecule has 14 heavy (non-hydrogen) atoms. The zero-order chi connectivity index (χ0) is 9.10. The Labute approximate surface area is 102 Å². The number of halogens is 1. The van der Waals surface area contributed by atoms with Gasteiger partial charge in [-0.15, -0.1) is 24.0 Å². The molecule has 0 spiro atoms. The molecule has 0 aliphatic carbocycles. The lowest BCUT2D eigenvalue weighted by Crippen LogP contribution is -1.96. The monoisotopic (exact) mass is 299 g/mol. The van der Waals surface area contributed by atoms with E-state index in [1.165, 1.54) is 16.5 Å². The van der Waals surface area contributed by atoms with E-state index >= 15 is 0 Å². The van der Waals surface area contributed by atoms with Gasteiger partial charge in [0.15, 0.2) is 0 Å². The molecule has 2 heteroatoms. The topological polar surface area (TPSA) is 12.0 Å². The molecule has 0 amide bonds. The number of nitrogens with one attached hydrogen (secondary N) is 1. The fourth-order valence-corrected chi connectivity index (χ4v) is 1.57. The largest absolute Gasteiger partial charge is 0.385 e. The van der Waals surface area contributed by atoms with Gasteiger partial charge in [-0.25, -0.2) is 0 Å². The molecular formula is C12H14IN. The minimum Gasteiger partial charge on any atom is -0.385 e. The molecule has 0 bridgehead atoms. The highest BCUT2D eigenvalue weighted by atomic mass is 127. The van der Waals surface area contributed by atoms with Crippen molar-refractivity contribution in [2.24, 2.45) is 0 Å². The Hall–Kier alpha value is -0.770. The first kappa shape index (κ1) is 11.3. The van der Waals surface area contributed by atoms with Gasteiger partial charge >= 0.3 is 0 Å². The van der Waals surface area contributed by atoms with E-state index in [-0.39, 0.29) is 24.0 Å². The minimum absolute atomic E-state index is 0. The molecule has 0 radical (unpaired) electrons. The first-order valence-corrected chi connectivity index (χ1v) is 4.63. The predicted molar refractivity (Wildman–Crippen MR) is 73.5 cm³/mol. The average molecular weight is 299 g/mol. The summed E-state index contributed by atoms with van der Waals surface area (Å²) in [4.78, 5) is 0. The Bertz CT molecular complexity index is 406. The van der Waals surface area contributed by atoms with E-state index in [4.69, 9.17) is 0 Å². The van der Waals surface area contributed by atoms with Crippen LogP contribution in [0.4, 0.5) is 5.69 Å². The summed E-state index contributed by atoms with van der Waals surface area (Å²) < 4.78 is 0. The molecule has 0 aliphatic rings. The van der Waals surface area contributed by atoms with Crippen LogP contribution in [0.25, 0.3) is 10.8 Å². The molecule has 0 atom stereocenters. The van der Waals surface area contributed by atoms with Crippen molar-refractivity contribution in [3.05, 3.63) is 42.5 Å². The molecule has 0 heterocycles. The van der Waals surface area contributed by atoms with Crippen LogP contribution in [0.2, 0.25) is 0 Å². The Morgan fingerprint density at radius 1 is 1.00 bits per heavy atom. The van der Waals surface area contributed by atoms with Crippen LogP contribution in [-0.4, -0.2) is 6.54 Å². The summed E-state index contributed by atoms with van der Waals surface area (Å²) in [6.45, 7) is 3.08. The van der Waals surface area contributed by atoms with Crippen molar-refractivity contribution in [2.75, 3.05) is 11.9 Å². The van der Waals surface area contributed by atoms with E-state index in [0.29, 0.717) is 0 Å². The second-order valence-corrected chi connectivity index (χ2v) is 3.06. The quantitative estimate of drug-likeness (QED) is 0.830. The van der Waals surface area contributed by atoms with E-state index in [9.17, 15) is 0 Å². The number of benzene rings is 2. The first-order valence-electron chi connectivity index (χ1n) is 4.63. The molecule has 1 nitrogen and oxygen atoms in total. The molecule has 2 rings (SSSR count). The van der Waals surface area contributed by atoms with Crippen molar-refractivity contribution in [1.82, 2.24) is 0 Å². The maximum atomic E-state index is 3.35. The molecule has 2 aromatic carbocycles. The number of fused-ring (bicyclic) bond motifs is 1. The number of hydrogen-bond acceptors (Lipinski definition) is 1. The number of anilines is 1. The lowest BCUT2D eigenvalue weighted by Gasteiger charge is -2.06. The van der Waals surface area contributed by atoms with Gasteiger partial charge in [0.25, 0.3) is 0 Å². The van der Waals surface area contributed by atoms with Crippen LogP contribution in [0, 0.1) is 0 Å². The Morgan fingerprint density at radius 3 is 2.50 bits per heavy atom. The fourth-order valence-electron chi connectivity index (χ4n) is 1.57. The van der Waals surface area contributed by atoms with Gasteiger partial charge in [-0.05, 0) is 18.4 Å². The highest BCUT2D eigenvalue weighted by Crippen LogP contribution is 2.22. The zero-order valence-corrected chi connectivity index (χ0v) is 10.5. The van der Waals surface area contributed by atoms with Gasteiger partial charge in [0.1, 0.15) is 0 Å². The van der Waals surface area contributed by atoms with Gasteiger partial charge in [-0.2, -0.15) is 0 Å². The molecule has 0 saturated heterocycles. The molecule has 1 N–H and O–H groups in total. The van der Waals surface area contributed by atoms with E-state index < -0.39 is 0 Å². The third kappa shape index (κ3) is 2.18. The number of hydrogen-bond donors (Lipinski definition) is 1. The molecule has 2 aromatic rings. The molecule has 0 saturated carbocycles. The third-order valence-corrected chi connectivity index (χ3v) is 2.16. The Kier molecular flexibility index (Phi) is 4.20. The number of rotatable bonds is 2. The van der Waals surface area contributed by atoms with Gasteiger partial charge in [0, 0.05) is 17.6 Å². The smallest absolute Gasteiger partial charge is 0.0419 e. The van der Waals surface area contributed by atoms with E-state index in [1.807, 2.05) is 0 Å². The van der Waals surface area contributed by atoms with Crippen molar-refractivity contribution >= 4 is 40.4 Å². The SMILES string of the molecule is CCNc1cccc2ccccc12.I. The molecule has 0 aliphatic heterocycles.